The molecule has 2 aromatic heterocycles. The molecule has 3 aromatic rings. The van der Waals surface area contributed by atoms with Gasteiger partial charge in [-0.25, -0.2) is 14.4 Å². The van der Waals surface area contributed by atoms with E-state index in [4.69, 9.17) is 14.2 Å². The SMILES string of the molecule is CCOC(=O)c1ccc(-n2c(C)cc(C=C(C#N)C(=O)Cc3sc(C(=O)OCC)c(C)c3C(=O)OCC)c2C)cc1. The minimum atomic E-state index is -0.639. The van der Waals surface area contributed by atoms with Crippen molar-refractivity contribution in [1.29, 1.82) is 5.26 Å². The van der Waals surface area contributed by atoms with Gasteiger partial charge in [-0.3, -0.25) is 4.79 Å². The number of benzene rings is 1. The van der Waals surface area contributed by atoms with Gasteiger partial charge in [0.15, 0.2) is 5.78 Å². The first kappa shape index (κ1) is 31.0. The Kier molecular flexibility index (Phi) is 10.4. The molecular weight excluding hydrogens is 544 g/mol. The van der Waals surface area contributed by atoms with Crippen molar-refractivity contribution in [2.45, 2.75) is 48.0 Å². The Hall–Kier alpha value is -4.49. The van der Waals surface area contributed by atoms with Crippen LogP contribution in [0, 0.1) is 32.1 Å². The van der Waals surface area contributed by atoms with Crippen molar-refractivity contribution < 1.29 is 33.4 Å². The van der Waals surface area contributed by atoms with Gasteiger partial charge in [0.2, 0.25) is 0 Å². The summed E-state index contributed by atoms with van der Waals surface area (Å²) in [5.41, 5.74) is 3.99. The van der Waals surface area contributed by atoms with Gasteiger partial charge in [-0.15, -0.1) is 11.3 Å². The van der Waals surface area contributed by atoms with E-state index >= 15 is 0 Å². The van der Waals surface area contributed by atoms with E-state index < -0.39 is 23.7 Å². The number of rotatable bonds is 11. The summed E-state index contributed by atoms with van der Waals surface area (Å²) in [4.78, 5) is 51.1. The highest BCUT2D eigenvalue weighted by atomic mass is 32.1. The maximum absolute atomic E-state index is 13.3. The summed E-state index contributed by atoms with van der Waals surface area (Å²) >= 11 is 0.994. The van der Waals surface area contributed by atoms with Gasteiger partial charge in [-0.05, 0) is 89.1 Å². The maximum atomic E-state index is 13.3. The Morgan fingerprint density at radius 3 is 2.07 bits per heavy atom. The molecule has 0 saturated carbocycles. The Balaban J connectivity index is 1.95. The van der Waals surface area contributed by atoms with E-state index in [1.54, 1.807) is 52.0 Å². The molecule has 1 aromatic carbocycles. The van der Waals surface area contributed by atoms with Gasteiger partial charge in [0.05, 0.1) is 36.5 Å². The average Bonchev–Trinajstić information content (AvgIpc) is 3.41. The number of Topliss-reactive ketones (excluding diaryl/α,β-unsaturated/α-hetero) is 1. The molecule has 0 atom stereocenters. The largest absolute Gasteiger partial charge is 0.462 e. The number of carbonyl (C=O) groups excluding carboxylic acids is 4. The van der Waals surface area contributed by atoms with Crippen LogP contribution < -0.4 is 0 Å². The molecule has 3 rings (SSSR count). The molecule has 41 heavy (non-hydrogen) atoms. The monoisotopic (exact) mass is 576 g/mol. The van der Waals surface area contributed by atoms with Crippen molar-refractivity contribution in [2.75, 3.05) is 19.8 Å². The topological polar surface area (TPSA) is 125 Å². The van der Waals surface area contributed by atoms with Crippen LogP contribution in [0.25, 0.3) is 11.8 Å². The quantitative estimate of drug-likeness (QED) is 0.123. The molecular formula is C31H32N2O7S. The average molecular weight is 577 g/mol. The molecule has 0 N–H and O–H groups in total. The number of aromatic nitrogens is 1. The summed E-state index contributed by atoms with van der Waals surface area (Å²) in [6.45, 7) is 11.0. The minimum Gasteiger partial charge on any atom is -0.462 e. The molecule has 9 nitrogen and oxygen atoms in total. The standard InChI is InChI=1S/C31H32N2O7S/c1-7-38-29(35)21-10-12-24(13-11-21)33-18(4)14-22(20(33)6)15-23(17-32)25(34)16-26-27(30(36)39-8-2)19(5)28(41-26)31(37)40-9-3/h10-15H,7-9,16H2,1-6H3. The van der Waals surface area contributed by atoms with E-state index in [1.807, 2.05) is 30.6 Å². The van der Waals surface area contributed by atoms with Crippen LogP contribution in [0.2, 0.25) is 0 Å². The summed E-state index contributed by atoms with van der Waals surface area (Å²) in [5, 5.41) is 9.87. The molecule has 214 valence electrons. The zero-order chi connectivity index (χ0) is 30.3. The molecule has 0 bridgehead atoms. The normalized spacial score (nSPS) is 11.1. The highest BCUT2D eigenvalue weighted by Gasteiger charge is 2.28. The van der Waals surface area contributed by atoms with E-state index in [9.17, 15) is 24.4 Å². The molecule has 0 amide bonds. The zero-order valence-electron chi connectivity index (χ0n) is 24.0. The number of thiophene rings is 1. The van der Waals surface area contributed by atoms with E-state index in [2.05, 4.69) is 0 Å². The number of nitrogens with zero attached hydrogens (tertiary/aromatic N) is 2. The summed E-state index contributed by atoms with van der Waals surface area (Å²) in [5.74, 6) is -2.13. The van der Waals surface area contributed by atoms with Crippen LogP contribution in [0.1, 0.15) is 78.6 Å². The molecule has 10 heteroatoms. The number of ketones is 1. The fraction of sp³-hybridized carbons (Fsp3) is 0.323. The van der Waals surface area contributed by atoms with Crippen LogP contribution in [0.4, 0.5) is 0 Å². The minimum absolute atomic E-state index is 0.0959. The van der Waals surface area contributed by atoms with Crippen molar-refractivity contribution >= 4 is 41.1 Å². The van der Waals surface area contributed by atoms with Gasteiger partial charge in [-0.2, -0.15) is 5.26 Å². The first-order valence-electron chi connectivity index (χ1n) is 13.2. The molecule has 0 fully saturated rings. The summed E-state index contributed by atoms with van der Waals surface area (Å²) in [6, 6.07) is 10.8. The highest BCUT2D eigenvalue weighted by molar-refractivity contribution is 7.14. The van der Waals surface area contributed by atoms with Crippen LogP contribution in [0.3, 0.4) is 0 Å². The second-order valence-electron chi connectivity index (χ2n) is 8.99. The third-order valence-corrected chi connectivity index (χ3v) is 7.58. The third-order valence-electron chi connectivity index (χ3n) is 6.31. The second kappa shape index (κ2) is 13.7. The lowest BCUT2D eigenvalue weighted by Gasteiger charge is -2.10. The van der Waals surface area contributed by atoms with E-state index in [1.165, 1.54) is 6.08 Å². The van der Waals surface area contributed by atoms with Crippen molar-refractivity contribution in [2.24, 2.45) is 0 Å². The lowest BCUT2D eigenvalue weighted by Crippen LogP contribution is -2.12. The van der Waals surface area contributed by atoms with Gasteiger partial charge in [0, 0.05) is 28.4 Å². The molecule has 0 spiro atoms. The Bertz CT molecular complexity index is 1550. The summed E-state index contributed by atoms with van der Waals surface area (Å²) in [6.07, 6.45) is 1.26. The number of ether oxygens (including phenoxy) is 3. The molecule has 0 aliphatic rings. The Morgan fingerprint density at radius 1 is 0.902 bits per heavy atom. The third kappa shape index (κ3) is 6.81. The Labute approximate surface area is 242 Å². The fourth-order valence-corrected chi connectivity index (χ4v) is 5.61. The Morgan fingerprint density at radius 2 is 1.49 bits per heavy atom. The van der Waals surface area contributed by atoms with Gasteiger partial charge >= 0.3 is 17.9 Å². The first-order valence-corrected chi connectivity index (χ1v) is 14.0. The number of esters is 3. The highest BCUT2D eigenvalue weighted by Crippen LogP contribution is 2.31. The van der Waals surface area contributed by atoms with Gasteiger partial charge in [-0.1, -0.05) is 0 Å². The van der Waals surface area contributed by atoms with Crippen molar-refractivity contribution in [1.82, 2.24) is 4.57 Å². The van der Waals surface area contributed by atoms with E-state index in [0.29, 0.717) is 21.6 Å². The van der Waals surface area contributed by atoms with Crippen molar-refractivity contribution in [3.63, 3.8) is 0 Å². The van der Waals surface area contributed by atoms with Gasteiger partial charge in [0.25, 0.3) is 0 Å². The number of allylic oxidation sites excluding steroid dienone is 1. The van der Waals surface area contributed by atoms with E-state index in [-0.39, 0.29) is 42.3 Å². The lowest BCUT2D eigenvalue weighted by molar-refractivity contribution is -0.114. The molecule has 0 unspecified atom stereocenters. The number of nitriles is 1. The predicted octanol–water partition coefficient (Wildman–Crippen LogP) is 5.71. The van der Waals surface area contributed by atoms with E-state index in [0.717, 1.165) is 28.4 Å². The van der Waals surface area contributed by atoms with Crippen LogP contribution in [-0.4, -0.2) is 48.1 Å². The smallest absolute Gasteiger partial charge is 0.348 e. The maximum Gasteiger partial charge on any atom is 0.348 e. The van der Waals surface area contributed by atoms with Crippen LogP contribution >= 0.6 is 11.3 Å². The van der Waals surface area contributed by atoms with Crippen LogP contribution in [0.15, 0.2) is 35.9 Å². The first-order chi connectivity index (χ1) is 19.6. The fourth-order valence-electron chi connectivity index (χ4n) is 4.42. The molecule has 2 heterocycles. The number of carbonyl (C=O) groups is 4. The number of aryl methyl sites for hydroxylation is 1. The number of hydrogen-bond donors (Lipinski definition) is 0. The van der Waals surface area contributed by atoms with Gasteiger partial charge < -0.3 is 18.8 Å². The van der Waals surface area contributed by atoms with Gasteiger partial charge in [0.1, 0.15) is 10.9 Å². The van der Waals surface area contributed by atoms with Crippen molar-refractivity contribution in [3.05, 3.63) is 79.3 Å². The van der Waals surface area contributed by atoms with Crippen LogP contribution in [0.5, 0.6) is 0 Å². The van der Waals surface area contributed by atoms with Crippen molar-refractivity contribution in [3.8, 4) is 11.8 Å². The molecule has 0 aliphatic heterocycles. The number of hydrogen-bond acceptors (Lipinski definition) is 9. The lowest BCUT2D eigenvalue weighted by atomic mass is 10.0. The predicted molar refractivity (Wildman–Crippen MR) is 154 cm³/mol. The second-order valence-corrected chi connectivity index (χ2v) is 10.1. The molecule has 0 aliphatic carbocycles. The molecule has 0 saturated heterocycles. The van der Waals surface area contributed by atoms with Crippen LogP contribution in [-0.2, 0) is 25.4 Å². The summed E-state index contributed by atoms with van der Waals surface area (Å²) in [7, 11) is 0. The summed E-state index contributed by atoms with van der Waals surface area (Å²) < 4.78 is 17.3. The molecule has 0 radical (unpaired) electrons. The zero-order valence-corrected chi connectivity index (χ0v) is 24.8.